The van der Waals surface area contributed by atoms with Gasteiger partial charge in [0.05, 0.1) is 11.0 Å². The quantitative estimate of drug-likeness (QED) is 0.586. The van der Waals surface area contributed by atoms with Crippen molar-refractivity contribution < 1.29 is 22.8 Å². The van der Waals surface area contributed by atoms with Gasteiger partial charge in [-0.3, -0.25) is 10.1 Å². The summed E-state index contributed by atoms with van der Waals surface area (Å²) in [5.41, 5.74) is 5.21. The van der Waals surface area contributed by atoms with Crippen LogP contribution < -0.4 is 19.9 Å². The molecule has 2 aliphatic rings. The summed E-state index contributed by atoms with van der Waals surface area (Å²) < 4.78 is 38.9. The Labute approximate surface area is 145 Å². The largest absolute Gasteiger partial charge is 0.486 e. The van der Waals surface area contributed by atoms with Gasteiger partial charge in [0.15, 0.2) is 16.4 Å². The third-order valence-electron chi connectivity index (χ3n) is 4.63. The zero-order valence-electron chi connectivity index (χ0n) is 13.6. The van der Waals surface area contributed by atoms with E-state index in [1.165, 1.54) is 0 Å². The van der Waals surface area contributed by atoms with E-state index in [9.17, 15) is 18.5 Å². The topological polar surface area (TPSA) is 134 Å². The summed E-state index contributed by atoms with van der Waals surface area (Å²) >= 11 is 0. The molecule has 9 nitrogen and oxygen atoms in total. The van der Waals surface area contributed by atoms with E-state index in [4.69, 9.17) is 15.2 Å². The molecule has 1 heterocycles. The van der Waals surface area contributed by atoms with Crippen molar-refractivity contribution in [3.63, 3.8) is 0 Å². The van der Waals surface area contributed by atoms with Crippen molar-refractivity contribution in [1.29, 1.82) is 0 Å². The normalized spacial score (nSPS) is 23.2. The van der Waals surface area contributed by atoms with Crippen molar-refractivity contribution in [3.05, 3.63) is 22.2 Å². The highest BCUT2D eigenvalue weighted by Gasteiger charge is 2.34. The minimum absolute atomic E-state index is 0.0276. The van der Waals surface area contributed by atoms with Crippen LogP contribution in [0.5, 0.6) is 11.5 Å². The smallest absolute Gasteiger partial charge is 0.293 e. The second kappa shape index (κ2) is 7.14. The molecule has 2 atom stereocenters. The van der Waals surface area contributed by atoms with Crippen LogP contribution in [0.3, 0.4) is 0 Å². The van der Waals surface area contributed by atoms with Crippen LogP contribution >= 0.6 is 0 Å². The Bertz CT molecular complexity index is 767. The molecule has 10 heteroatoms. The third kappa shape index (κ3) is 3.70. The molecule has 1 aliphatic carbocycles. The number of nitrogens with zero attached hydrogens (tertiary/aromatic N) is 1. The average molecular weight is 371 g/mol. The van der Waals surface area contributed by atoms with Crippen molar-refractivity contribution in [2.75, 3.05) is 19.8 Å². The molecule has 1 fully saturated rings. The van der Waals surface area contributed by atoms with Gasteiger partial charge in [-0.1, -0.05) is 12.8 Å². The molecule has 3 N–H and O–H groups in total. The van der Waals surface area contributed by atoms with Crippen LogP contribution in [0.4, 0.5) is 5.69 Å². The number of hydrogen-bond acceptors (Lipinski definition) is 7. The minimum atomic E-state index is -4.09. The van der Waals surface area contributed by atoms with E-state index in [2.05, 4.69) is 4.72 Å². The number of nitro groups is 1. The number of fused-ring (bicyclic) bond motifs is 1. The van der Waals surface area contributed by atoms with E-state index in [1.807, 2.05) is 0 Å². The molecule has 1 aromatic rings. The number of benzene rings is 1. The minimum Gasteiger partial charge on any atom is -0.486 e. The third-order valence-corrected chi connectivity index (χ3v) is 6.15. The lowest BCUT2D eigenvalue weighted by atomic mass is 9.85. The number of hydrogen-bond donors (Lipinski definition) is 2. The summed E-state index contributed by atoms with van der Waals surface area (Å²) in [6.45, 7) is 0.890. The van der Waals surface area contributed by atoms with Crippen molar-refractivity contribution in [2.45, 2.75) is 36.6 Å². The fraction of sp³-hybridized carbons (Fsp3) is 0.600. The Morgan fingerprint density at radius 3 is 2.48 bits per heavy atom. The van der Waals surface area contributed by atoms with Gasteiger partial charge in [0.25, 0.3) is 5.69 Å². The standard InChI is InChI=1S/C15H21N3O6S/c16-9-10-3-1-2-4-11(10)17-25(21,22)15-8-14-13(23-5-6-24-14)7-12(15)18(19)20/h7-8,10-11,17H,1-6,9,16H2. The summed E-state index contributed by atoms with van der Waals surface area (Å²) in [6.07, 6.45) is 3.41. The lowest BCUT2D eigenvalue weighted by Gasteiger charge is -2.31. The van der Waals surface area contributed by atoms with Crippen LogP contribution in [-0.4, -0.2) is 39.1 Å². The predicted octanol–water partition coefficient (Wildman–Crippen LogP) is 1.16. The van der Waals surface area contributed by atoms with Crippen LogP contribution in [0.25, 0.3) is 0 Å². The fourth-order valence-electron chi connectivity index (χ4n) is 3.33. The van der Waals surface area contributed by atoms with Gasteiger partial charge in [-0.25, -0.2) is 13.1 Å². The molecular formula is C15H21N3O6S. The number of nitrogens with one attached hydrogen (secondary N) is 1. The lowest BCUT2D eigenvalue weighted by molar-refractivity contribution is -0.388. The van der Waals surface area contributed by atoms with Gasteiger partial charge in [0, 0.05) is 12.1 Å². The Morgan fingerprint density at radius 1 is 1.20 bits per heavy atom. The van der Waals surface area contributed by atoms with Gasteiger partial charge >= 0.3 is 0 Å². The first-order chi connectivity index (χ1) is 11.9. The number of sulfonamides is 1. The first-order valence-corrected chi connectivity index (χ1v) is 9.71. The Hall–Kier alpha value is -1.91. The number of rotatable bonds is 5. The molecule has 0 amide bonds. The summed E-state index contributed by atoms with van der Waals surface area (Å²) in [6, 6.07) is 1.94. The Morgan fingerprint density at radius 2 is 1.84 bits per heavy atom. The van der Waals surface area contributed by atoms with E-state index in [1.54, 1.807) is 0 Å². The van der Waals surface area contributed by atoms with E-state index < -0.39 is 25.5 Å². The molecule has 3 rings (SSSR count). The van der Waals surface area contributed by atoms with Crippen molar-refractivity contribution >= 4 is 15.7 Å². The SMILES string of the molecule is NCC1CCCCC1NS(=O)(=O)c1cc2c(cc1[N+](=O)[O-])OCCO2. The molecule has 0 bridgehead atoms. The maximum absolute atomic E-state index is 12.8. The molecule has 0 spiro atoms. The predicted molar refractivity (Wildman–Crippen MR) is 89.2 cm³/mol. The molecule has 0 radical (unpaired) electrons. The fourth-order valence-corrected chi connectivity index (χ4v) is 4.83. The van der Waals surface area contributed by atoms with E-state index in [-0.39, 0.29) is 36.7 Å². The highest BCUT2D eigenvalue weighted by molar-refractivity contribution is 7.89. The van der Waals surface area contributed by atoms with Crippen LogP contribution in [0.15, 0.2) is 17.0 Å². The Kier molecular flexibility index (Phi) is 5.11. The van der Waals surface area contributed by atoms with Crippen LogP contribution in [0.2, 0.25) is 0 Å². The molecule has 1 saturated carbocycles. The van der Waals surface area contributed by atoms with Crippen molar-refractivity contribution in [2.24, 2.45) is 11.7 Å². The molecule has 2 unspecified atom stereocenters. The molecule has 0 aromatic heterocycles. The van der Waals surface area contributed by atoms with Crippen LogP contribution in [-0.2, 0) is 10.0 Å². The highest BCUT2D eigenvalue weighted by atomic mass is 32.2. The number of nitro benzene ring substituents is 1. The summed E-state index contributed by atoms with van der Waals surface area (Å²) in [5.74, 6) is 0.394. The van der Waals surface area contributed by atoms with Crippen LogP contribution in [0, 0.1) is 16.0 Å². The van der Waals surface area contributed by atoms with Gasteiger partial charge in [0.2, 0.25) is 10.0 Å². The van der Waals surface area contributed by atoms with Gasteiger partial charge in [-0.2, -0.15) is 0 Å². The van der Waals surface area contributed by atoms with Gasteiger partial charge in [-0.05, 0) is 25.3 Å². The monoisotopic (exact) mass is 371 g/mol. The van der Waals surface area contributed by atoms with E-state index in [0.717, 1.165) is 31.4 Å². The zero-order valence-corrected chi connectivity index (χ0v) is 14.5. The second-order valence-corrected chi connectivity index (χ2v) is 7.91. The summed E-state index contributed by atoms with van der Waals surface area (Å²) in [4.78, 5) is 10.2. The van der Waals surface area contributed by atoms with Crippen molar-refractivity contribution in [1.82, 2.24) is 4.72 Å². The number of nitrogens with two attached hydrogens (primary N) is 1. The first kappa shape index (κ1) is 17.9. The maximum Gasteiger partial charge on any atom is 0.293 e. The Balaban J connectivity index is 1.96. The van der Waals surface area contributed by atoms with E-state index in [0.29, 0.717) is 13.0 Å². The summed E-state index contributed by atoms with van der Waals surface area (Å²) in [5, 5.41) is 11.4. The molecule has 25 heavy (non-hydrogen) atoms. The highest BCUT2D eigenvalue weighted by Crippen LogP contribution is 2.39. The average Bonchev–Trinajstić information content (AvgIpc) is 2.60. The maximum atomic E-state index is 12.8. The molecule has 138 valence electrons. The molecule has 1 aliphatic heterocycles. The van der Waals surface area contributed by atoms with Crippen molar-refractivity contribution in [3.8, 4) is 11.5 Å². The molecule has 1 aromatic carbocycles. The van der Waals surface area contributed by atoms with Gasteiger partial charge in [0.1, 0.15) is 13.2 Å². The summed E-state index contributed by atoms with van der Waals surface area (Å²) in [7, 11) is -4.09. The lowest BCUT2D eigenvalue weighted by Crippen LogP contribution is -2.44. The second-order valence-electron chi connectivity index (χ2n) is 6.23. The number of ether oxygens (including phenoxy) is 2. The van der Waals surface area contributed by atoms with E-state index >= 15 is 0 Å². The van der Waals surface area contributed by atoms with Crippen LogP contribution in [0.1, 0.15) is 25.7 Å². The van der Waals surface area contributed by atoms with Gasteiger partial charge in [-0.15, -0.1) is 0 Å². The first-order valence-electron chi connectivity index (χ1n) is 8.23. The molecule has 0 saturated heterocycles. The zero-order chi connectivity index (χ0) is 18.0. The molecular weight excluding hydrogens is 350 g/mol. The van der Waals surface area contributed by atoms with Gasteiger partial charge < -0.3 is 15.2 Å².